The van der Waals surface area contributed by atoms with Gasteiger partial charge in [-0.15, -0.1) is 0 Å². The van der Waals surface area contributed by atoms with E-state index in [4.69, 9.17) is 0 Å². The Balaban J connectivity index is 1.77. The summed E-state index contributed by atoms with van der Waals surface area (Å²) in [6, 6.07) is 8.72. The van der Waals surface area contributed by atoms with E-state index in [0.29, 0.717) is 11.3 Å². The number of benzene rings is 1. The van der Waals surface area contributed by atoms with Crippen molar-refractivity contribution in [3.63, 3.8) is 0 Å². The van der Waals surface area contributed by atoms with E-state index in [0.717, 1.165) is 18.4 Å². The molecule has 2 saturated carbocycles. The number of hydrogen-bond acceptors (Lipinski definition) is 1. The lowest BCUT2D eigenvalue weighted by atomic mass is 9.71. The normalized spacial score (nSPS) is 25.9. The van der Waals surface area contributed by atoms with E-state index in [9.17, 15) is 5.11 Å². The first-order chi connectivity index (χ1) is 8.49. The molecule has 0 radical (unpaired) electrons. The van der Waals surface area contributed by atoms with Gasteiger partial charge in [-0.1, -0.05) is 38.1 Å². The zero-order valence-electron chi connectivity index (χ0n) is 11.6. The first kappa shape index (κ1) is 12.2. The standard InChI is InChI=1S/C17H24O/c1-16(2)8-6-13(7-9-16)14-4-3-5-15(12-14)17(18)10-11-17/h3-5,12-13,18H,6-11H2,1-2H3. The Labute approximate surface area is 110 Å². The molecule has 1 heteroatoms. The van der Waals surface area contributed by atoms with Crippen molar-refractivity contribution < 1.29 is 5.11 Å². The smallest absolute Gasteiger partial charge is 0.0899 e. The molecule has 1 aromatic carbocycles. The highest BCUT2D eigenvalue weighted by Gasteiger charge is 2.42. The summed E-state index contributed by atoms with van der Waals surface area (Å²) in [7, 11) is 0. The molecule has 0 atom stereocenters. The average Bonchev–Trinajstić information content (AvgIpc) is 3.09. The molecule has 0 heterocycles. The summed E-state index contributed by atoms with van der Waals surface area (Å²) in [5.74, 6) is 0.709. The van der Waals surface area contributed by atoms with Crippen LogP contribution in [-0.4, -0.2) is 5.11 Å². The molecule has 3 rings (SSSR count). The van der Waals surface area contributed by atoms with Gasteiger partial charge >= 0.3 is 0 Å². The highest BCUT2D eigenvalue weighted by atomic mass is 16.3. The fraction of sp³-hybridized carbons (Fsp3) is 0.647. The number of hydrogen-bond donors (Lipinski definition) is 1. The van der Waals surface area contributed by atoms with Gasteiger partial charge in [-0.05, 0) is 61.0 Å². The van der Waals surface area contributed by atoms with Crippen molar-refractivity contribution in [1.82, 2.24) is 0 Å². The summed E-state index contributed by atoms with van der Waals surface area (Å²) >= 11 is 0. The second-order valence-corrected chi connectivity index (χ2v) is 7.10. The topological polar surface area (TPSA) is 20.2 Å². The van der Waals surface area contributed by atoms with Crippen molar-refractivity contribution in [2.24, 2.45) is 5.41 Å². The molecule has 18 heavy (non-hydrogen) atoms. The van der Waals surface area contributed by atoms with Crippen LogP contribution in [0.1, 0.15) is 69.4 Å². The zero-order chi connectivity index (χ0) is 12.8. The lowest BCUT2D eigenvalue weighted by molar-refractivity contribution is 0.151. The van der Waals surface area contributed by atoms with E-state index in [-0.39, 0.29) is 0 Å². The van der Waals surface area contributed by atoms with Crippen LogP contribution in [0.2, 0.25) is 0 Å². The molecule has 98 valence electrons. The summed E-state index contributed by atoms with van der Waals surface area (Å²) < 4.78 is 0. The van der Waals surface area contributed by atoms with Crippen LogP contribution in [0.5, 0.6) is 0 Å². The molecule has 2 aliphatic carbocycles. The van der Waals surface area contributed by atoms with Crippen molar-refractivity contribution in [3.8, 4) is 0 Å². The monoisotopic (exact) mass is 244 g/mol. The molecule has 1 nitrogen and oxygen atoms in total. The van der Waals surface area contributed by atoms with Gasteiger partial charge in [-0.3, -0.25) is 0 Å². The minimum Gasteiger partial charge on any atom is -0.385 e. The molecule has 2 aliphatic rings. The minimum atomic E-state index is -0.482. The predicted molar refractivity (Wildman–Crippen MR) is 74.6 cm³/mol. The van der Waals surface area contributed by atoms with Crippen molar-refractivity contribution in [2.75, 3.05) is 0 Å². The van der Waals surface area contributed by atoms with Gasteiger partial charge < -0.3 is 5.11 Å². The largest absolute Gasteiger partial charge is 0.385 e. The second kappa shape index (κ2) is 4.09. The van der Waals surface area contributed by atoms with Crippen molar-refractivity contribution >= 4 is 0 Å². The van der Waals surface area contributed by atoms with Crippen LogP contribution in [0.25, 0.3) is 0 Å². The summed E-state index contributed by atoms with van der Waals surface area (Å²) in [6.07, 6.45) is 7.13. The molecule has 0 amide bonds. The third-order valence-corrected chi connectivity index (χ3v) is 4.96. The highest BCUT2D eigenvalue weighted by Crippen LogP contribution is 2.47. The Kier molecular flexibility index (Phi) is 2.78. The zero-order valence-corrected chi connectivity index (χ0v) is 11.6. The second-order valence-electron chi connectivity index (χ2n) is 7.10. The molecule has 2 fully saturated rings. The van der Waals surface area contributed by atoms with Gasteiger partial charge in [0.05, 0.1) is 5.60 Å². The molecule has 1 aromatic rings. The molecule has 0 aromatic heterocycles. The van der Waals surface area contributed by atoms with Crippen LogP contribution in [0, 0.1) is 5.41 Å². The molecule has 0 saturated heterocycles. The Morgan fingerprint density at radius 2 is 1.72 bits per heavy atom. The summed E-state index contributed by atoms with van der Waals surface area (Å²) in [5.41, 5.74) is 2.64. The maximum atomic E-state index is 10.2. The third kappa shape index (κ3) is 2.33. The lowest BCUT2D eigenvalue weighted by Gasteiger charge is -2.34. The summed E-state index contributed by atoms with van der Waals surface area (Å²) in [4.78, 5) is 0. The van der Waals surface area contributed by atoms with Crippen molar-refractivity contribution in [3.05, 3.63) is 35.4 Å². The molecule has 0 spiro atoms. The molecular formula is C17H24O. The van der Waals surface area contributed by atoms with Crippen LogP contribution in [-0.2, 0) is 5.60 Å². The van der Waals surface area contributed by atoms with Crippen molar-refractivity contribution in [1.29, 1.82) is 0 Å². The van der Waals surface area contributed by atoms with Gasteiger partial charge in [0.15, 0.2) is 0 Å². The summed E-state index contributed by atoms with van der Waals surface area (Å²) in [6.45, 7) is 4.76. The SMILES string of the molecule is CC1(C)CCC(c2cccc(C3(O)CC3)c2)CC1. The fourth-order valence-electron chi connectivity index (χ4n) is 3.22. The van der Waals surface area contributed by atoms with Gasteiger partial charge in [0.1, 0.15) is 0 Å². The molecule has 0 bridgehead atoms. The minimum absolute atomic E-state index is 0.482. The fourth-order valence-corrected chi connectivity index (χ4v) is 3.22. The maximum Gasteiger partial charge on any atom is 0.0899 e. The molecule has 1 N–H and O–H groups in total. The van der Waals surface area contributed by atoms with Gasteiger partial charge in [0.25, 0.3) is 0 Å². The van der Waals surface area contributed by atoms with Crippen LogP contribution < -0.4 is 0 Å². The van der Waals surface area contributed by atoms with Crippen molar-refractivity contribution in [2.45, 2.75) is 63.9 Å². The lowest BCUT2D eigenvalue weighted by Crippen LogP contribution is -2.20. The van der Waals surface area contributed by atoms with Gasteiger partial charge in [0, 0.05) is 0 Å². The van der Waals surface area contributed by atoms with Crippen LogP contribution in [0.15, 0.2) is 24.3 Å². The van der Waals surface area contributed by atoms with Gasteiger partial charge in [0.2, 0.25) is 0 Å². The van der Waals surface area contributed by atoms with E-state index >= 15 is 0 Å². The van der Waals surface area contributed by atoms with E-state index in [1.54, 1.807) is 0 Å². The Morgan fingerprint density at radius 3 is 2.33 bits per heavy atom. The molecular weight excluding hydrogens is 220 g/mol. The van der Waals surface area contributed by atoms with E-state index in [1.165, 1.54) is 31.2 Å². The number of rotatable bonds is 2. The maximum absolute atomic E-state index is 10.2. The molecule has 0 unspecified atom stereocenters. The number of aliphatic hydroxyl groups is 1. The highest BCUT2D eigenvalue weighted by molar-refractivity contribution is 5.33. The average molecular weight is 244 g/mol. The first-order valence-corrected chi connectivity index (χ1v) is 7.31. The first-order valence-electron chi connectivity index (χ1n) is 7.31. The van der Waals surface area contributed by atoms with E-state index in [1.807, 2.05) is 0 Å². The quantitative estimate of drug-likeness (QED) is 0.820. The van der Waals surface area contributed by atoms with Crippen LogP contribution in [0.4, 0.5) is 0 Å². The molecule has 0 aliphatic heterocycles. The van der Waals surface area contributed by atoms with Gasteiger partial charge in [-0.25, -0.2) is 0 Å². The third-order valence-electron chi connectivity index (χ3n) is 4.96. The Hall–Kier alpha value is -0.820. The van der Waals surface area contributed by atoms with E-state index in [2.05, 4.69) is 38.1 Å². The summed E-state index contributed by atoms with van der Waals surface area (Å²) in [5, 5.41) is 10.2. The Bertz CT molecular complexity index is 433. The van der Waals surface area contributed by atoms with Crippen LogP contribution in [0.3, 0.4) is 0 Å². The van der Waals surface area contributed by atoms with Gasteiger partial charge in [-0.2, -0.15) is 0 Å². The Morgan fingerprint density at radius 1 is 1.06 bits per heavy atom. The van der Waals surface area contributed by atoms with E-state index < -0.39 is 5.60 Å². The predicted octanol–water partition coefficient (Wildman–Crippen LogP) is 4.35. The van der Waals surface area contributed by atoms with Crippen LogP contribution >= 0.6 is 0 Å².